The Morgan fingerprint density at radius 2 is 1.88 bits per heavy atom. The number of nitrogens with zero attached hydrogens (tertiary/aromatic N) is 2. The monoisotopic (exact) mass is 438 g/mol. The number of nitrogen functional groups attached to an aromatic ring is 1. The summed E-state index contributed by atoms with van der Waals surface area (Å²) in [7, 11) is 0. The van der Waals surface area contributed by atoms with Crippen LogP contribution in [-0.2, 0) is 11.3 Å². The summed E-state index contributed by atoms with van der Waals surface area (Å²) in [6.07, 6.45) is 1.49. The maximum absolute atomic E-state index is 13.1. The zero-order chi connectivity index (χ0) is 23.3. The number of ether oxygens (including phenoxy) is 1. The van der Waals surface area contributed by atoms with Crippen molar-refractivity contribution in [3.8, 4) is 5.75 Å². The van der Waals surface area contributed by atoms with Gasteiger partial charge >= 0.3 is 5.69 Å². The van der Waals surface area contributed by atoms with Gasteiger partial charge in [0.2, 0.25) is 0 Å². The molecule has 3 rings (SSSR count). The standard InChI is InChI=1S/C24H30N4O4/c1-4-5-12-27(21-22(25)28(14-16(2)3)24(31)26-23(21)30)20(29)15-32-19-11-10-17-8-6-7-9-18(17)13-19/h6-11,13,16H,4-5,12,14-15,25H2,1-3H3,(H,26,30,31). The van der Waals surface area contributed by atoms with Gasteiger partial charge in [0, 0.05) is 13.1 Å². The van der Waals surface area contributed by atoms with Crippen molar-refractivity contribution in [3.05, 3.63) is 63.3 Å². The highest BCUT2D eigenvalue weighted by Crippen LogP contribution is 2.22. The number of hydrogen-bond donors (Lipinski definition) is 2. The van der Waals surface area contributed by atoms with Gasteiger partial charge in [0.25, 0.3) is 11.5 Å². The molecular formula is C24H30N4O4. The minimum Gasteiger partial charge on any atom is -0.484 e. The second kappa shape index (κ2) is 10.2. The van der Waals surface area contributed by atoms with Crippen molar-refractivity contribution in [1.29, 1.82) is 0 Å². The lowest BCUT2D eigenvalue weighted by Crippen LogP contribution is -2.43. The average molecular weight is 439 g/mol. The van der Waals surface area contributed by atoms with Gasteiger partial charge in [-0.25, -0.2) is 4.79 Å². The van der Waals surface area contributed by atoms with Gasteiger partial charge in [0.15, 0.2) is 12.3 Å². The third-order valence-electron chi connectivity index (χ3n) is 5.15. The number of amides is 1. The summed E-state index contributed by atoms with van der Waals surface area (Å²) in [6.45, 7) is 6.23. The van der Waals surface area contributed by atoms with E-state index >= 15 is 0 Å². The van der Waals surface area contributed by atoms with Gasteiger partial charge < -0.3 is 15.4 Å². The van der Waals surface area contributed by atoms with E-state index in [9.17, 15) is 14.4 Å². The van der Waals surface area contributed by atoms with E-state index in [0.717, 1.165) is 17.2 Å². The topological polar surface area (TPSA) is 110 Å². The first kappa shape index (κ1) is 23.1. The smallest absolute Gasteiger partial charge is 0.330 e. The summed E-state index contributed by atoms with van der Waals surface area (Å²) >= 11 is 0. The molecule has 0 atom stereocenters. The summed E-state index contributed by atoms with van der Waals surface area (Å²) < 4.78 is 7.05. The number of rotatable bonds is 9. The molecule has 8 nitrogen and oxygen atoms in total. The summed E-state index contributed by atoms with van der Waals surface area (Å²) in [4.78, 5) is 41.7. The SMILES string of the molecule is CCCCN(C(=O)COc1ccc2ccccc2c1)c1c(N)n(CC(C)C)c(=O)[nH]c1=O. The summed E-state index contributed by atoms with van der Waals surface area (Å²) in [5.74, 6) is 0.269. The predicted molar refractivity (Wildman–Crippen MR) is 127 cm³/mol. The van der Waals surface area contributed by atoms with Gasteiger partial charge in [0.05, 0.1) is 0 Å². The van der Waals surface area contributed by atoms with Crippen molar-refractivity contribution in [1.82, 2.24) is 9.55 Å². The van der Waals surface area contributed by atoms with Crippen LogP contribution in [0.2, 0.25) is 0 Å². The van der Waals surface area contributed by atoms with Crippen molar-refractivity contribution < 1.29 is 9.53 Å². The number of aromatic amines is 1. The zero-order valence-corrected chi connectivity index (χ0v) is 18.8. The molecule has 0 saturated heterocycles. The summed E-state index contributed by atoms with van der Waals surface area (Å²) in [6, 6.07) is 13.4. The van der Waals surface area contributed by atoms with Crippen molar-refractivity contribution in [3.63, 3.8) is 0 Å². The summed E-state index contributed by atoms with van der Waals surface area (Å²) in [5, 5.41) is 2.07. The van der Waals surface area contributed by atoms with E-state index in [-0.39, 0.29) is 24.0 Å². The average Bonchev–Trinajstić information content (AvgIpc) is 2.76. The van der Waals surface area contributed by atoms with Crippen LogP contribution in [0.15, 0.2) is 52.1 Å². The van der Waals surface area contributed by atoms with Gasteiger partial charge in [-0.3, -0.25) is 19.1 Å². The number of unbranched alkanes of at least 4 members (excludes halogenated alkanes) is 1. The largest absolute Gasteiger partial charge is 0.484 e. The fourth-order valence-corrected chi connectivity index (χ4v) is 3.54. The first-order valence-corrected chi connectivity index (χ1v) is 10.9. The fourth-order valence-electron chi connectivity index (χ4n) is 3.54. The van der Waals surface area contributed by atoms with Crippen LogP contribution >= 0.6 is 0 Å². The van der Waals surface area contributed by atoms with Crippen LogP contribution in [0.1, 0.15) is 33.6 Å². The Hall–Kier alpha value is -3.55. The fraction of sp³-hybridized carbons (Fsp3) is 0.375. The van der Waals surface area contributed by atoms with Crippen molar-refractivity contribution in [2.24, 2.45) is 5.92 Å². The van der Waals surface area contributed by atoms with Crippen molar-refractivity contribution in [2.45, 2.75) is 40.2 Å². The Bertz CT molecular complexity index is 1210. The Labute approximate surface area is 186 Å². The summed E-state index contributed by atoms with van der Waals surface area (Å²) in [5.41, 5.74) is 4.95. The number of fused-ring (bicyclic) bond motifs is 1. The molecule has 170 valence electrons. The molecule has 1 aromatic heterocycles. The molecule has 0 unspecified atom stereocenters. The van der Waals surface area contributed by atoms with Crippen LogP contribution in [0.3, 0.4) is 0 Å². The minimum atomic E-state index is -0.678. The molecule has 1 amide bonds. The lowest BCUT2D eigenvalue weighted by Gasteiger charge is -2.25. The Balaban J connectivity index is 1.89. The van der Waals surface area contributed by atoms with E-state index in [1.807, 2.05) is 57.2 Å². The van der Waals surface area contributed by atoms with E-state index in [0.29, 0.717) is 25.3 Å². The molecule has 0 fully saturated rings. The lowest BCUT2D eigenvalue weighted by molar-refractivity contribution is -0.120. The number of H-pyrrole nitrogens is 1. The van der Waals surface area contributed by atoms with Crippen molar-refractivity contribution in [2.75, 3.05) is 23.8 Å². The molecule has 0 spiro atoms. The highest BCUT2D eigenvalue weighted by Gasteiger charge is 2.24. The lowest BCUT2D eigenvalue weighted by atomic mass is 10.1. The van der Waals surface area contributed by atoms with Crippen LogP contribution in [-0.4, -0.2) is 28.6 Å². The molecule has 0 bridgehead atoms. The molecule has 0 aliphatic heterocycles. The van der Waals surface area contributed by atoms with Crippen LogP contribution in [0.4, 0.5) is 11.5 Å². The molecule has 3 N–H and O–H groups in total. The van der Waals surface area contributed by atoms with Crippen LogP contribution in [0.5, 0.6) is 5.75 Å². The number of carbonyl (C=O) groups is 1. The molecule has 2 aromatic carbocycles. The molecule has 0 aliphatic rings. The number of anilines is 2. The molecule has 0 aliphatic carbocycles. The van der Waals surface area contributed by atoms with Gasteiger partial charge in [0.1, 0.15) is 11.6 Å². The number of hydrogen-bond acceptors (Lipinski definition) is 5. The highest BCUT2D eigenvalue weighted by atomic mass is 16.5. The molecule has 3 aromatic rings. The Kier molecular flexibility index (Phi) is 7.35. The second-order valence-corrected chi connectivity index (χ2v) is 8.19. The van der Waals surface area contributed by atoms with Crippen LogP contribution in [0, 0.1) is 5.92 Å². The molecule has 0 radical (unpaired) electrons. The quantitative estimate of drug-likeness (QED) is 0.533. The van der Waals surface area contributed by atoms with E-state index in [2.05, 4.69) is 4.98 Å². The van der Waals surface area contributed by atoms with E-state index in [1.165, 1.54) is 9.47 Å². The first-order chi connectivity index (χ1) is 15.3. The van der Waals surface area contributed by atoms with Gasteiger partial charge in [-0.05, 0) is 35.2 Å². The van der Waals surface area contributed by atoms with E-state index < -0.39 is 17.2 Å². The molecule has 32 heavy (non-hydrogen) atoms. The normalized spacial score (nSPS) is 11.1. The van der Waals surface area contributed by atoms with E-state index in [4.69, 9.17) is 10.5 Å². The van der Waals surface area contributed by atoms with Gasteiger partial charge in [-0.1, -0.05) is 57.5 Å². The predicted octanol–water partition coefficient (Wildman–Crippen LogP) is 3.14. The van der Waals surface area contributed by atoms with Crippen LogP contribution < -0.4 is 26.6 Å². The number of carbonyl (C=O) groups excluding carboxylic acids is 1. The second-order valence-electron chi connectivity index (χ2n) is 8.19. The number of nitrogens with one attached hydrogen (secondary N) is 1. The van der Waals surface area contributed by atoms with Gasteiger partial charge in [-0.15, -0.1) is 0 Å². The Morgan fingerprint density at radius 3 is 2.56 bits per heavy atom. The zero-order valence-electron chi connectivity index (χ0n) is 18.8. The Morgan fingerprint density at radius 1 is 1.16 bits per heavy atom. The molecule has 8 heteroatoms. The van der Waals surface area contributed by atoms with E-state index in [1.54, 1.807) is 6.07 Å². The number of benzene rings is 2. The first-order valence-electron chi connectivity index (χ1n) is 10.9. The maximum Gasteiger partial charge on any atom is 0.330 e. The number of aromatic nitrogens is 2. The van der Waals surface area contributed by atoms with Gasteiger partial charge in [-0.2, -0.15) is 0 Å². The minimum absolute atomic E-state index is 0.00851. The van der Waals surface area contributed by atoms with Crippen LogP contribution in [0.25, 0.3) is 10.8 Å². The number of nitrogens with two attached hydrogens (primary N) is 1. The molecular weight excluding hydrogens is 408 g/mol. The van der Waals surface area contributed by atoms with Crippen molar-refractivity contribution >= 4 is 28.2 Å². The molecule has 0 saturated carbocycles. The third kappa shape index (κ3) is 5.19. The maximum atomic E-state index is 13.1. The highest BCUT2D eigenvalue weighted by molar-refractivity contribution is 5.96. The molecule has 1 heterocycles. The third-order valence-corrected chi connectivity index (χ3v) is 5.15.